The van der Waals surface area contributed by atoms with Gasteiger partial charge in [0.15, 0.2) is 0 Å². The molecule has 3 rings (SSSR count). The second-order valence-electron chi connectivity index (χ2n) is 5.97. The molecule has 1 atom stereocenters. The first-order valence-electron chi connectivity index (χ1n) is 7.48. The van der Waals surface area contributed by atoms with Crippen molar-refractivity contribution in [2.24, 2.45) is 5.92 Å². The highest BCUT2D eigenvalue weighted by atomic mass is 16.3. The Morgan fingerprint density at radius 3 is 2.26 bits per heavy atom. The Morgan fingerprint density at radius 2 is 1.63 bits per heavy atom. The van der Waals surface area contributed by atoms with Crippen molar-refractivity contribution in [3.63, 3.8) is 0 Å². The maximum atomic E-state index is 9.99. The average Bonchev–Trinajstić information content (AvgIpc) is 3.27. The van der Waals surface area contributed by atoms with Gasteiger partial charge < -0.3 is 5.11 Å². The van der Waals surface area contributed by atoms with Crippen molar-refractivity contribution in [2.45, 2.75) is 25.5 Å². The van der Waals surface area contributed by atoms with Crippen LogP contribution in [-0.4, -0.2) is 53.7 Å². The Morgan fingerprint density at radius 1 is 1.00 bits per heavy atom. The van der Waals surface area contributed by atoms with Crippen LogP contribution in [0.4, 0.5) is 0 Å². The zero-order valence-electron chi connectivity index (χ0n) is 11.5. The molecule has 0 spiro atoms. The number of hydrogen-bond acceptors (Lipinski definition) is 3. The van der Waals surface area contributed by atoms with Crippen LogP contribution in [0.3, 0.4) is 0 Å². The molecule has 1 saturated carbocycles. The molecule has 1 saturated heterocycles. The molecule has 3 nitrogen and oxygen atoms in total. The van der Waals surface area contributed by atoms with Gasteiger partial charge in [-0.25, -0.2) is 0 Å². The molecule has 1 aliphatic heterocycles. The highest BCUT2D eigenvalue weighted by molar-refractivity contribution is 5.14. The van der Waals surface area contributed by atoms with Crippen LogP contribution in [0.1, 0.15) is 18.4 Å². The van der Waals surface area contributed by atoms with Crippen LogP contribution in [0.15, 0.2) is 30.3 Å². The summed E-state index contributed by atoms with van der Waals surface area (Å²) in [6.45, 7) is 6.36. The fraction of sp³-hybridized carbons (Fsp3) is 0.625. The minimum absolute atomic E-state index is 0.0827. The van der Waals surface area contributed by atoms with E-state index < -0.39 is 0 Å². The number of hydrogen-bond donors (Lipinski definition) is 1. The number of nitrogens with zero attached hydrogens (tertiary/aromatic N) is 2. The molecule has 1 aromatic rings. The summed E-state index contributed by atoms with van der Waals surface area (Å²) in [5.74, 6) is 0.599. The zero-order valence-corrected chi connectivity index (χ0v) is 11.5. The molecular formula is C16H24N2O. The summed E-state index contributed by atoms with van der Waals surface area (Å²) in [4.78, 5) is 4.93. The Labute approximate surface area is 115 Å². The van der Waals surface area contributed by atoms with Gasteiger partial charge in [-0.1, -0.05) is 30.3 Å². The lowest BCUT2D eigenvalue weighted by Gasteiger charge is -2.35. The van der Waals surface area contributed by atoms with Gasteiger partial charge in [-0.3, -0.25) is 9.80 Å². The smallest absolute Gasteiger partial charge is 0.0695 e. The van der Waals surface area contributed by atoms with Gasteiger partial charge in [0, 0.05) is 39.3 Å². The van der Waals surface area contributed by atoms with Gasteiger partial charge in [0.05, 0.1) is 6.10 Å². The zero-order chi connectivity index (χ0) is 13.1. The summed E-state index contributed by atoms with van der Waals surface area (Å²) < 4.78 is 0. The van der Waals surface area contributed by atoms with Crippen molar-refractivity contribution in [1.29, 1.82) is 0 Å². The molecule has 0 aromatic heterocycles. The van der Waals surface area contributed by atoms with Crippen molar-refractivity contribution in [2.75, 3.05) is 32.7 Å². The van der Waals surface area contributed by atoms with Crippen LogP contribution >= 0.6 is 0 Å². The van der Waals surface area contributed by atoms with Crippen molar-refractivity contribution < 1.29 is 5.11 Å². The Hall–Kier alpha value is -0.900. The number of benzene rings is 1. The first kappa shape index (κ1) is 13.1. The fourth-order valence-electron chi connectivity index (χ4n) is 2.87. The molecule has 19 heavy (non-hydrogen) atoms. The molecule has 0 bridgehead atoms. The predicted molar refractivity (Wildman–Crippen MR) is 76.9 cm³/mol. The maximum absolute atomic E-state index is 9.99. The van der Waals surface area contributed by atoms with E-state index >= 15 is 0 Å². The van der Waals surface area contributed by atoms with Crippen molar-refractivity contribution in [3.8, 4) is 0 Å². The van der Waals surface area contributed by atoms with E-state index in [2.05, 4.69) is 40.1 Å². The van der Waals surface area contributed by atoms with Crippen LogP contribution in [0.2, 0.25) is 0 Å². The molecule has 1 aliphatic carbocycles. The van der Waals surface area contributed by atoms with Gasteiger partial charge in [0.25, 0.3) is 0 Å². The summed E-state index contributed by atoms with van der Waals surface area (Å²) >= 11 is 0. The van der Waals surface area contributed by atoms with E-state index in [0.717, 1.165) is 39.3 Å². The second-order valence-corrected chi connectivity index (χ2v) is 5.97. The second kappa shape index (κ2) is 6.04. The summed E-state index contributed by atoms with van der Waals surface area (Å²) in [5.41, 5.74) is 1.40. The summed E-state index contributed by atoms with van der Waals surface area (Å²) in [6, 6.07) is 10.7. The highest BCUT2D eigenvalue weighted by Gasteiger charge is 2.31. The van der Waals surface area contributed by atoms with Gasteiger partial charge >= 0.3 is 0 Å². The molecule has 2 fully saturated rings. The van der Waals surface area contributed by atoms with Gasteiger partial charge in [0.2, 0.25) is 0 Å². The average molecular weight is 260 g/mol. The number of aliphatic hydroxyl groups is 1. The van der Waals surface area contributed by atoms with Crippen molar-refractivity contribution in [1.82, 2.24) is 9.80 Å². The third-order valence-electron chi connectivity index (χ3n) is 4.33. The first-order chi connectivity index (χ1) is 9.31. The van der Waals surface area contributed by atoms with Crippen LogP contribution < -0.4 is 0 Å². The maximum Gasteiger partial charge on any atom is 0.0695 e. The number of β-amino-alcohol motifs (C(OH)–C–C–N with tert-alkyl or cyclic N) is 1. The fourth-order valence-corrected chi connectivity index (χ4v) is 2.87. The summed E-state index contributed by atoms with van der Waals surface area (Å²) in [5, 5.41) is 9.99. The molecular weight excluding hydrogens is 236 g/mol. The number of aliphatic hydroxyl groups excluding tert-OH is 1. The van der Waals surface area contributed by atoms with Gasteiger partial charge in [-0.05, 0) is 24.3 Å². The van der Waals surface area contributed by atoms with E-state index in [1.165, 1.54) is 18.4 Å². The van der Waals surface area contributed by atoms with E-state index in [-0.39, 0.29) is 6.10 Å². The molecule has 0 radical (unpaired) electrons. The lowest BCUT2D eigenvalue weighted by molar-refractivity contribution is 0.0602. The van der Waals surface area contributed by atoms with E-state index in [4.69, 9.17) is 0 Å². The van der Waals surface area contributed by atoms with Crippen molar-refractivity contribution >= 4 is 0 Å². The third kappa shape index (κ3) is 3.78. The number of rotatable bonds is 5. The molecule has 3 heteroatoms. The van der Waals surface area contributed by atoms with Crippen LogP contribution in [0.25, 0.3) is 0 Å². The lowest BCUT2D eigenvalue weighted by Crippen LogP contribution is -2.48. The first-order valence-corrected chi connectivity index (χ1v) is 7.48. The highest BCUT2D eigenvalue weighted by Crippen LogP contribution is 2.32. The van der Waals surface area contributed by atoms with E-state index in [9.17, 15) is 5.11 Å². The summed E-state index contributed by atoms with van der Waals surface area (Å²) in [7, 11) is 0. The van der Waals surface area contributed by atoms with E-state index in [0.29, 0.717) is 5.92 Å². The van der Waals surface area contributed by atoms with Gasteiger partial charge in [-0.15, -0.1) is 0 Å². The Bertz CT molecular complexity index is 383. The third-order valence-corrected chi connectivity index (χ3v) is 4.33. The standard InChI is InChI=1S/C16H24N2O/c19-16(15-6-7-15)13-18-10-8-17(9-11-18)12-14-4-2-1-3-5-14/h1-5,15-16,19H,6-13H2/t16-/m0/s1. The topological polar surface area (TPSA) is 26.7 Å². The largest absolute Gasteiger partial charge is 0.392 e. The van der Waals surface area contributed by atoms with Crippen LogP contribution in [-0.2, 0) is 6.54 Å². The van der Waals surface area contributed by atoms with Crippen molar-refractivity contribution in [3.05, 3.63) is 35.9 Å². The van der Waals surface area contributed by atoms with E-state index in [1.54, 1.807) is 0 Å². The minimum atomic E-state index is -0.0827. The molecule has 1 heterocycles. The molecule has 1 N–H and O–H groups in total. The van der Waals surface area contributed by atoms with Crippen LogP contribution in [0, 0.1) is 5.92 Å². The van der Waals surface area contributed by atoms with Gasteiger partial charge in [-0.2, -0.15) is 0 Å². The monoisotopic (exact) mass is 260 g/mol. The normalized spacial score (nSPS) is 23.4. The van der Waals surface area contributed by atoms with E-state index in [1.807, 2.05) is 0 Å². The predicted octanol–water partition coefficient (Wildman–Crippen LogP) is 1.58. The lowest BCUT2D eigenvalue weighted by atomic mass is 10.2. The van der Waals surface area contributed by atoms with Crippen LogP contribution in [0.5, 0.6) is 0 Å². The minimum Gasteiger partial charge on any atom is -0.392 e. The number of piperazine rings is 1. The SMILES string of the molecule is O[C@@H](CN1CCN(Cc2ccccc2)CC1)C1CC1. The summed E-state index contributed by atoms with van der Waals surface area (Å²) in [6.07, 6.45) is 2.38. The molecule has 2 aliphatic rings. The molecule has 104 valence electrons. The van der Waals surface area contributed by atoms with Gasteiger partial charge in [0.1, 0.15) is 0 Å². The quantitative estimate of drug-likeness (QED) is 0.870. The molecule has 0 amide bonds. The Kier molecular flexibility index (Phi) is 4.16. The Balaban J connectivity index is 1.41. The molecule has 0 unspecified atom stereocenters. The molecule has 1 aromatic carbocycles.